The van der Waals surface area contributed by atoms with Gasteiger partial charge in [0, 0.05) is 0 Å². The van der Waals surface area contributed by atoms with Gasteiger partial charge in [0.05, 0.1) is 12.7 Å². The maximum Gasteiger partial charge on any atom is 0.136 e. The van der Waals surface area contributed by atoms with Crippen molar-refractivity contribution < 1.29 is 21.1 Å². The van der Waals surface area contributed by atoms with E-state index in [1.807, 2.05) is 0 Å². The van der Waals surface area contributed by atoms with Crippen LogP contribution >= 0.6 is 0 Å². The lowest BCUT2D eigenvalue weighted by Gasteiger charge is -2.19. The number of aliphatic hydroxyl groups excluding tert-OH is 3. The molecule has 150 valence electrons. The monoisotopic (exact) mass is 360 g/mol. The highest BCUT2D eigenvalue weighted by Gasteiger charge is 2.24. The molecule has 0 fully saturated rings. The van der Waals surface area contributed by atoms with Gasteiger partial charge in [0.25, 0.3) is 0 Å². The summed E-state index contributed by atoms with van der Waals surface area (Å²) in [6.45, 7) is 2.07. The molecule has 0 radical (unpaired) electrons. The van der Waals surface area contributed by atoms with Gasteiger partial charge in [-0.15, -0.1) is 0 Å². The number of unbranched alkanes of at least 4 members (excludes halogenated alkanes) is 11. The molecule has 0 aliphatic heterocycles. The van der Waals surface area contributed by atoms with Gasteiger partial charge in [-0.2, -0.15) is 0 Å². The molecule has 6 N–H and O–H groups in total. The van der Waals surface area contributed by atoms with E-state index in [4.69, 9.17) is 16.2 Å². The van der Waals surface area contributed by atoms with E-state index in [-0.39, 0.29) is 6.61 Å². The van der Waals surface area contributed by atoms with Crippen LogP contribution in [0.5, 0.6) is 0 Å². The molecule has 0 aromatic rings. The van der Waals surface area contributed by atoms with Crippen LogP contribution in [0, 0.1) is 0 Å². The van der Waals surface area contributed by atoms with E-state index in [9.17, 15) is 10.2 Å². The van der Waals surface area contributed by atoms with Crippen molar-refractivity contribution in [2.45, 2.75) is 109 Å². The van der Waals surface area contributed by atoms with Gasteiger partial charge in [0.15, 0.2) is 0 Å². The van der Waals surface area contributed by atoms with E-state index in [1.54, 1.807) is 0 Å². The first-order valence-corrected chi connectivity index (χ1v) is 9.83. The van der Waals surface area contributed by atoms with Crippen molar-refractivity contribution in [2.24, 2.45) is 0 Å². The lowest BCUT2D eigenvalue weighted by Crippen LogP contribution is -2.70. The Kier molecular flexibility index (Phi) is 22.4. The van der Waals surface area contributed by atoms with Crippen LogP contribution in [0.3, 0.4) is 0 Å². The Morgan fingerprint density at radius 1 is 0.800 bits per heavy atom. The van der Waals surface area contributed by atoms with Gasteiger partial charge in [-0.1, -0.05) is 84.0 Å². The summed E-state index contributed by atoms with van der Waals surface area (Å²) in [4.78, 5) is 1.50. The number of nitrogens with zero attached hydrogens (tertiary/aromatic N) is 3. The molecule has 0 aliphatic carbocycles. The molecular weight excluding hydrogens is 320 g/mol. The molecule has 7 heteroatoms. The average molecular weight is 361 g/mol. The molecule has 7 nitrogen and oxygen atoms in total. The molecular formula is C18H40N4O3. The minimum absolute atomic E-state index is 0.184. The fraction of sp³-hybridized carbons (Fsp3) is 1.00. The molecule has 0 amide bonds. The molecule has 3 atom stereocenters. The van der Waals surface area contributed by atoms with Crippen molar-refractivity contribution in [3.05, 3.63) is 16.0 Å². The zero-order valence-electron chi connectivity index (χ0n) is 16.0. The van der Waals surface area contributed by atoms with Crippen molar-refractivity contribution >= 4 is 0 Å². The van der Waals surface area contributed by atoms with Crippen molar-refractivity contribution in [2.75, 3.05) is 6.61 Å². The molecule has 0 aliphatic rings. The van der Waals surface area contributed by atoms with E-state index in [1.165, 1.54) is 69.1 Å². The third kappa shape index (κ3) is 19.3. The second-order valence-electron chi connectivity index (χ2n) is 6.77. The molecule has 0 saturated carbocycles. The van der Waals surface area contributed by atoms with Crippen molar-refractivity contribution in [1.82, 2.24) is 0 Å². The summed E-state index contributed by atoms with van der Waals surface area (Å²) in [5, 5.41) is 28.4. The van der Waals surface area contributed by atoms with Crippen molar-refractivity contribution in [1.29, 1.82) is 0 Å². The first-order valence-electron chi connectivity index (χ1n) is 9.83. The molecule has 0 unspecified atom stereocenters. The lowest BCUT2D eigenvalue weighted by atomic mass is 10.00. The molecule has 0 aromatic carbocycles. The van der Waals surface area contributed by atoms with Crippen LogP contribution in [0.2, 0.25) is 0 Å². The summed E-state index contributed by atoms with van der Waals surface area (Å²) in [5.41, 5.74) is 17.1. The molecule has 0 spiro atoms. The predicted molar refractivity (Wildman–Crippen MR) is 102 cm³/mol. The molecule has 0 heterocycles. The van der Waals surface area contributed by atoms with Gasteiger partial charge in [0.1, 0.15) is 12.1 Å². The predicted octanol–water partition coefficient (Wildman–Crippen LogP) is 3.27. The second kappa shape index (κ2) is 21.2. The first kappa shape index (κ1) is 26.4. The number of aliphatic hydroxyl groups is 3. The molecule has 0 rings (SSSR count). The number of rotatable bonds is 16. The molecule has 0 aromatic heterocycles. The van der Waals surface area contributed by atoms with Crippen LogP contribution in [0.15, 0.2) is 0 Å². The Bertz CT molecular complexity index is 300. The maximum atomic E-state index is 9.78. The third-order valence-corrected chi connectivity index (χ3v) is 4.47. The minimum atomic E-state index is -0.905. The standard InChI is InChI=1S/C18H39NO3.N3/c1-2-3-4-5-6-7-8-9-10-11-12-13-14-17(21)18(22)16(19)15-20;1-3-2/h16-18,20-22H,2-15,19H2,1H3;/q;-1/p+1/t16-,17+,18-;/m0./s1. The second-order valence-corrected chi connectivity index (χ2v) is 6.77. The van der Waals surface area contributed by atoms with E-state index < -0.39 is 18.2 Å². The SMILES string of the molecule is CCCCCCCCCCCCCC[C@@H](O)[C@@H](O)[C@@H]([NH3+])CO.[N-]=[N+]=[N-]. The first-order chi connectivity index (χ1) is 12.0. The summed E-state index contributed by atoms with van der Waals surface area (Å²) in [5.74, 6) is 0. The average Bonchev–Trinajstić information content (AvgIpc) is 2.61. The quantitative estimate of drug-likeness (QED) is 0.145. The maximum absolute atomic E-state index is 9.78. The zero-order chi connectivity index (χ0) is 19.3. The van der Waals surface area contributed by atoms with Gasteiger partial charge in [-0.3, -0.25) is 4.91 Å². The van der Waals surface area contributed by atoms with Crippen LogP contribution in [-0.4, -0.2) is 40.2 Å². The van der Waals surface area contributed by atoms with Crippen molar-refractivity contribution in [3.8, 4) is 0 Å². The third-order valence-electron chi connectivity index (χ3n) is 4.47. The van der Waals surface area contributed by atoms with Gasteiger partial charge < -0.3 is 32.1 Å². The summed E-state index contributed by atoms with van der Waals surface area (Å²) < 4.78 is 0. The fourth-order valence-electron chi connectivity index (χ4n) is 2.79. The molecule has 0 saturated heterocycles. The Morgan fingerprint density at radius 3 is 1.52 bits per heavy atom. The lowest BCUT2D eigenvalue weighted by molar-refractivity contribution is -0.447. The normalized spacial score (nSPS) is 14.1. The van der Waals surface area contributed by atoms with E-state index >= 15 is 0 Å². The van der Waals surface area contributed by atoms with Crippen molar-refractivity contribution in [3.63, 3.8) is 0 Å². The Balaban J connectivity index is 0. The van der Waals surface area contributed by atoms with Crippen LogP contribution in [0.4, 0.5) is 0 Å². The highest BCUT2D eigenvalue weighted by molar-refractivity contribution is 4.73. The summed E-state index contributed by atoms with van der Waals surface area (Å²) in [6.07, 6.45) is 14.4. The smallest absolute Gasteiger partial charge is 0.136 e. The molecule has 25 heavy (non-hydrogen) atoms. The minimum Gasteiger partial charge on any atom is -0.390 e. The number of hydrogen-bond acceptors (Lipinski definition) is 3. The van der Waals surface area contributed by atoms with E-state index in [0.29, 0.717) is 6.42 Å². The zero-order valence-corrected chi connectivity index (χ0v) is 16.0. The number of quaternary nitrogens is 1. The van der Waals surface area contributed by atoms with Gasteiger partial charge in [-0.05, 0) is 6.42 Å². The van der Waals surface area contributed by atoms with Gasteiger partial charge >= 0.3 is 0 Å². The van der Waals surface area contributed by atoms with Crippen LogP contribution < -0.4 is 5.73 Å². The largest absolute Gasteiger partial charge is 0.390 e. The van der Waals surface area contributed by atoms with E-state index in [0.717, 1.165) is 12.8 Å². The van der Waals surface area contributed by atoms with Crippen LogP contribution in [0.25, 0.3) is 16.0 Å². The number of hydrogen-bond donors (Lipinski definition) is 4. The topological polar surface area (TPSA) is 147 Å². The van der Waals surface area contributed by atoms with Gasteiger partial charge in [-0.25, -0.2) is 0 Å². The summed E-state index contributed by atoms with van der Waals surface area (Å²) in [7, 11) is 0. The van der Waals surface area contributed by atoms with Gasteiger partial charge in [0.2, 0.25) is 0 Å². The summed E-state index contributed by atoms with van der Waals surface area (Å²) >= 11 is 0. The molecule has 0 bridgehead atoms. The highest BCUT2D eigenvalue weighted by atomic mass is 16.3. The Hall–Kier alpha value is -0.850. The van der Waals surface area contributed by atoms with Crippen LogP contribution in [-0.2, 0) is 0 Å². The van der Waals surface area contributed by atoms with E-state index in [2.05, 4.69) is 12.7 Å². The summed E-state index contributed by atoms with van der Waals surface area (Å²) in [6, 6.07) is -0.493. The van der Waals surface area contributed by atoms with Crippen LogP contribution in [0.1, 0.15) is 90.4 Å². The fourth-order valence-corrected chi connectivity index (χ4v) is 2.79. The Morgan fingerprint density at radius 2 is 1.16 bits per heavy atom. The Labute approximate surface area is 153 Å². The highest BCUT2D eigenvalue weighted by Crippen LogP contribution is 2.14.